The molecule has 2 N–H and O–H groups in total. The SMILES string of the molecule is COC(=O)[C@@H](Cc1cccc(Cl)c1)NC(=O)CCCCCNC(=O)OCc1ccccc1. The van der Waals surface area contributed by atoms with Crippen LogP contribution in [0.25, 0.3) is 0 Å². The summed E-state index contributed by atoms with van der Waals surface area (Å²) in [6.45, 7) is 0.693. The molecule has 8 heteroatoms. The topological polar surface area (TPSA) is 93.7 Å². The molecule has 0 radical (unpaired) electrons. The molecule has 0 saturated heterocycles. The molecule has 0 aliphatic heterocycles. The number of unbranched alkanes of at least 4 members (excludes halogenated alkanes) is 2. The van der Waals surface area contributed by atoms with Gasteiger partial charge in [0, 0.05) is 24.4 Å². The molecule has 0 bridgehead atoms. The third-order valence-electron chi connectivity index (χ3n) is 4.71. The number of esters is 1. The van der Waals surface area contributed by atoms with E-state index in [0.29, 0.717) is 24.4 Å². The van der Waals surface area contributed by atoms with Crippen LogP contribution in [0.15, 0.2) is 54.6 Å². The predicted octanol–water partition coefficient (Wildman–Crippen LogP) is 4.03. The molecule has 0 fully saturated rings. The molecule has 0 aromatic heterocycles. The lowest BCUT2D eigenvalue weighted by molar-refractivity contribution is -0.145. The van der Waals surface area contributed by atoms with Crippen molar-refractivity contribution in [2.75, 3.05) is 13.7 Å². The highest BCUT2D eigenvalue weighted by Crippen LogP contribution is 2.13. The van der Waals surface area contributed by atoms with Crippen molar-refractivity contribution in [1.82, 2.24) is 10.6 Å². The first-order chi connectivity index (χ1) is 15.5. The third kappa shape index (κ3) is 9.83. The van der Waals surface area contributed by atoms with Crippen LogP contribution < -0.4 is 10.6 Å². The lowest BCUT2D eigenvalue weighted by atomic mass is 10.1. The average molecular weight is 461 g/mol. The lowest BCUT2D eigenvalue weighted by Crippen LogP contribution is -2.43. The van der Waals surface area contributed by atoms with E-state index in [-0.39, 0.29) is 18.9 Å². The standard InChI is InChI=1S/C24H29ClN2O5/c1-31-23(29)21(16-19-11-8-12-20(25)15-19)27-22(28)13-6-3-7-14-26-24(30)32-17-18-9-4-2-5-10-18/h2,4-5,8-12,15,21H,3,6-7,13-14,16-17H2,1H3,(H,26,30)(H,27,28)/t21-/m1/s1. The van der Waals surface area contributed by atoms with Gasteiger partial charge < -0.3 is 20.1 Å². The minimum absolute atomic E-state index is 0.224. The Labute approximate surface area is 193 Å². The van der Waals surface area contributed by atoms with E-state index >= 15 is 0 Å². The summed E-state index contributed by atoms with van der Waals surface area (Å²) in [6.07, 6.45) is 2.22. The van der Waals surface area contributed by atoms with Crippen molar-refractivity contribution in [2.24, 2.45) is 0 Å². The lowest BCUT2D eigenvalue weighted by Gasteiger charge is -2.17. The summed E-state index contributed by atoms with van der Waals surface area (Å²) in [7, 11) is 1.29. The fraction of sp³-hybridized carbons (Fsp3) is 0.375. The summed E-state index contributed by atoms with van der Waals surface area (Å²) in [6, 6.07) is 15.8. The second-order valence-corrected chi connectivity index (χ2v) is 7.71. The number of halogens is 1. The summed E-state index contributed by atoms with van der Waals surface area (Å²) >= 11 is 5.99. The molecular formula is C24H29ClN2O5. The van der Waals surface area contributed by atoms with Crippen LogP contribution in [-0.2, 0) is 32.1 Å². The highest BCUT2D eigenvalue weighted by molar-refractivity contribution is 6.30. The zero-order valence-corrected chi connectivity index (χ0v) is 18.9. The number of rotatable bonds is 12. The van der Waals surface area contributed by atoms with Gasteiger partial charge in [-0.15, -0.1) is 0 Å². The molecule has 0 heterocycles. The van der Waals surface area contributed by atoms with Gasteiger partial charge in [-0.05, 0) is 36.1 Å². The summed E-state index contributed by atoms with van der Waals surface area (Å²) in [5, 5.41) is 5.99. The van der Waals surface area contributed by atoms with Gasteiger partial charge in [0.05, 0.1) is 7.11 Å². The molecule has 0 aliphatic carbocycles. The zero-order chi connectivity index (χ0) is 23.2. The summed E-state index contributed by atoms with van der Waals surface area (Å²) in [5.74, 6) is -0.728. The maximum Gasteiger partial charge on any atom is 0.407 e. The van der Waals surface area contributed by atoms with Crippen molar-refractivity contribution in [3.05, 3.63) is 70.7 Å². The second-order valence-electron chi connectivity index (χ2n) is 7.28. The van der Waals surface area contributed by atoms with Gasteiger partial charge in [0.15, 0.2) is 0 Å². The quantitative estimate of drug-likeness (QED) is 0.368. The Balaban J connectivity index is 1.61. The fourth-order valence-corrected chi connectivity index (χ4v) is 3.27. The van der Waals surface area contributed by atoms with E-state index in [0.717, 1.165) is 24.0 Å². The van der Waals surface area contributed by atoms with Crippen LogP contribution >= 0.6 is 11.6 Å². The third-order valence-corrected chi connectivity index (χ3v) is 4.95. The van der Waals surface area contributed by atoms with Crippen LogP contribution in [0.2, 0.25) is 5.02 Å². The fourth-order valence-electron chi connectivity index (χ4n) is 3.05. The van der Waals surface area contributed by atoms with Crippen molar-refractivity contribution < 1.29 is 23.9 Å². The number of carbonyl (C=O) groups is 3. The molecule has 0 spiro atoms. The Morgan fingerprint density at radius 3 is 2.44 bits per heavy atom. The summed E-state index contributed by atoms with van der Waals surface area (Å²) < 4.78 is 9.94. The van der Waals surface area contributed by atoms with Crippen molar-refractivity contribution in [1.29, 1.82) is 0 Å². The zero-order valence-electron chi connectivity index (χ0n) is 18.1. The molecule has 0 aliphatic rings. The molecule has 2 aromatic rings. The monoisotopic (exact) mass is 460 g/mol. The van der Waals surface area contributed by atoms with Gasteiger partial charge in [-0.1, -0.05) is 60.5 Å². The normalized spacial score (nSPS) is 11.3. The summed E-state index contributed by atoms with van der Waals surface area (Å²) in [5.41, 5.74) is 1.76. The highest BCUT2D eigenvalue weighted by Gasteiger charge is 2.21. The van der Waals surface area contributed by atoms with Crippen molar-refractivity contribution >= 4 is 29.6 Å². The van der Waals surface area contributed by atoms with Gasteiger partial charge >= 0.3 is 12.1 Å². The number of nitrogens with one attached hydrogen (secondary N) is 2. The Kier molecular flexibility index (Phi) is 11.1. The van der Waals surface area contributed by atoms with Crippen LogP contribution in [0.4, 0.5) is 4.79 Å². The van der Waals surface area contributed by atoms with Crippen LogP contribution in [0.3, 0.4) is 0 Å². The van der Waals surface area contributed by atoms with Gasteiger partial charge in [0.25, 0.3) is 0 Å². The maximum absolute atomic E-state index is 12.3. The van der Waals surface area contributed by atoms with E-state index in [1.54, 1.807) is 18.2 Å². The van der Waals surface area contributed by atoms with Gasteiger partial charge in [0.2, 0.25) is 5.91 Å². The van der Waals surface area contributed by atoms with E-state index in [4.69, 9.17) is 21.1 Å². The van der Waals surface area contributed by atoms with Gasteiger partial charge in [-0.25, -0.2) is 9.59 Å². The molecule has 1 atom stereocenters. The highest BCUT2D eigenvalue weighted by atomic mass is 35.5. The number of hydrogen-bond donors (Lipinski definition) is 2. The first-order valence-corrected chi connectivity index (χ1v) is 10.9. The molecule has 2 amide bonds. The van der Waals surface area contributed by atoms with E-state index < -0.39 is 18.1 Å². The van der Waals surface area contributed by atoms with Crippen molar-refractivity contribution in [3.8, 4) is 0 Å². The second kappa shape index (κ2) is 14.1. The molecule has 32 heavy (non-hydrogen) atoms. The van der Waals surface area contributed by atoms with Crippen LogP contribution in [0, 0.1) is 0 Å². The van der Waals surface area contributed by atoms with Crippen LogP contribution in [0.5, 0.6) is 0 Å². The molecule has 2 aromatic carbocycles. The van der Waals surface area contributed by atoms with Gasteiger partial charge in [-0.2, -0.15) is 0 Å². The molecule has 2 rings (SSSR count). The number of methoxy groups -OCH3 is 1. The van der Waals surface area contributed by atoms with E-state index in [9.17, 15) is 14.4 Å². The minimum atomic E-state index is -0.771. The number of hydrogen-bond acceptors (Lipinski definition) is 5. The average Bonchev–Trinajstić information content (AvgIpc) is 2.79. The number of amides is 2. The first-order valence-electron chi connectivity index (χ1n) is 10.5. The van der Waals surface area contributed by atoms with Crippen LogP contribution in [0.1, 0.15) is 36.8 Å². The smallest absolute Gasteiger partial charge is 0.407 e. The van der Waals surface area contributed by atoms with Crippen molar-refractivity contribution in [3.63, 3.8) is 0 Å². The molecule has 0 saturated carbocycles. The van der Waals surface area contributed by atoms with Gasteiger partial charge in [0.1, 0.15) is 12.6 Å². The van der Waals surface area contributed by atoms with Crippen LogP contribution in [-0.4, -0.2) is 37.7 Å². The first kappa shape index (κ1) is 25.2. The Morgan fingerprint density at radius 2 is 1.72 bits per heavy atom. The Bertz CT molecular complexity index is 876. The molecule has 7 nitrogen and oxygen atoms in total. The summed E-state index contributed by atoms with van der Waals surface area (Å²) in [4.78, 5) is 36.0. The van der Waals surface area contributed by atoms with E-state index in [1.807, 2.05) is 36.4 Å². The number of ether oxygens (including phenoxy) is 2. The Hall–Kier alpha value is -3.06. The van der Waals surface area contributed by atoms with E-state index in [1.165, 1.54) is 7.11 Å². The molecular weight excluding hydrogens is 432 g/mol. The minimum Gasteiger partial charge on any atom is -0.467 e. The van der Waals surface area contributed by atoms with Gasteiger partial charge in [-0.3, -0.25) is 4.79 Å². The molecule has 0 unspecified atom stereocenters. The largest absolute Gasteiger partial charge is 0.467 e. The maximum atomic E-state index is 12.3. The molecule has 172 valence electrons. The predicted molar refractivity (Wildman–Crippen MR) is 122 cm³/mol. The number of benzene rings is 2. The number of carbonyl (C=O) groups excluding carboxylic acids is 3. The van der Waals surface area contributed by atoms with E-state index in [2.05, 4.69) is 10.6 Å². The number of alkyl carbamates (subject to hydrolysis) is 1. The van der Waals surface area contributed by atoms with Crippen molar-refractivity contribution in [2.45, 2.75) is 44.8 Å². The Morgan fingerprint density at radius 1 is 0.969 bits per heavy atom.